The van der Waals surface area contributed by atoms with Crippen molar-refractivity contribution in [1.82, 2.24) is 14.2 Å². The Morgan fingerprint density at radius 1 is 0.982 bits per heavy atom. The van der Waals surface area contributed by atoms with Crippen LogP contribution < -0.4 is 20.9 Å². The smallest absolute Gasteiger partial charge is 0.351 e. The third-order valence-corrected chi connectivity index (χ3v) is 12.1. The molecule has 13 nitrogen and oxygen atoms in total. The third kappa shape index (κ3) is 8.00. The van der Waals surface area contributed by atoms with Crippen molar-refractivity contribution < 1.29 is 32.7 Å². The predicted octanol–water partition coefficient (Wildman–Crippen LogP) is 6.49. The molecule has 3 heterocycles. The summed E-state index contributed by atoms with van der Waals surface area (Å²) in [6.07, 6.45) is -0.605. The minimum Gasteiger partial charge on any atom is -0.497 e. The number of ether oxygens (including phenoxy) is 5. The zero-order valence-corrected chi connectivity index (χ0v) is 33.3. The van der Waals surface area contributed by atoms with Crippen molar-refractivity contribution in [3.05, 3.63) is 118 Å². The molecule has 0 saturated carbocycles. The second-order valence-electron chi connectivity index (χ2n) is 14.2. The van der Waals surface area contributed by atoms with E-state index in [4.69, 9.17) is 38.5 Å². The zero-order valence-electron chi connectivity index (χ0n) is 32.4. The summed E-state index contributed by atoms with van der Waals surface area (Å²) in [5.41, 5.74) is 6.20. The first-order valence-electron chi connectivity index (χ1n) is 18.4. The van der Waals surface area contributed by atoms with Gasteiger partial charge < -0.3 is 38.5 Å². The van der Waals surface area contributed by atoms with Gasteiger partial charge in [0.1, 0.15) is 40.7 Å². The third-order valence-electron chi connectivity index (χ3n) is 9.99. The number of benzene rings is 3. The summed E-state index contributed by atoms with van der Waals surface area (Å²) < 4.78 is 49.0. The van der Waals surface area contributed by atoms with Crippen LogP contribution in [0.2, 0.25) is 0 Å². The lowest BCUT2D eigenvalue weighted by atomic mass is 9.79. The molecule has 0 aliphatic carbocycles. The van der Waals surface area contributed by atoms with Gasteiger partial charge in [0.2, 0.25) is 0 Å². The number of fused-ring (bicyclic) bond motifs is 2. The van der Waals surface area contributed by atoms with Crippen LogP contribution in [0.5, 0.6) is 11.5 Å². The van der Waals surface area contributed by atoms with Crippen LogP contribution in [0.15, 0.2) is 89.9 Å². The van der Waals surface area contributed by atoms with Crippen LogP contribution in [0, 0.1) is 18.3 Å². The first-order valence-corrected chi connectivity index (χ1v) is 19.5. The summed E-state index contributed by atoms with van der Waals surface area (Å²) in [7, 11) is 1.52. The molecule has 2 aliphatic heterocycles. The summed E-state index contributed by atoms with van der Waals surface area (Å²) in [5, 5.41) is 9.38. The van der Waals surface area contributed by atoms with Crippen LogP contribution in [0.4, 0.5) is 5.82 Å². The second-order valence-corrected chi connectivity index (χ2v) is 15.6. The number of anilines is 1. The van der Waals surface area contributed by atoms with Gasteiger partial charge in [-0.3, -0.25) is 4.57 Å². The Labute approximate surface area is 323 Å². The van der Waals surface area contributed by atoms with Crippen LogP contribution in [0.3, 0.4) is 0 Å². The molecule has 14 heteroatoms. The Bertz CT molecular complexity index is 1930. The highest BCUT2D eigenvalue weighted by Gasteiger charge is 2.65. The Kier molecular flexibility index (Phi) is 12.6. The van der Waals surface area contributed by atoms with Gasteiger partial charge >= 0.3 is 5.69 Å². The number of nitrogen functional groups attached to an aromatic ring is 1. The fourth-order valence-corrected chi connectivity index (χ4v) is 9.14. The molecular formula is C41H50N5O8P. The fraction of sp³-hybridized carbons (Fsp3) is 0.439. The molecule has 0 radical (unpaired) electrons. The molecule has 0 spiro atoms. The van der Waals surface area contributed by atoms with Crippen LogP contribution >= 0.6 is 8.53 Å². The van der Waals surface area contributed by atoms with Crippen molar-refractivity contribution in [2.45, 2.75) is 82.8 Å². The van der Waals surface area contributed by atoms with Crippen LogP contribution in [0.25, 0.3) is 0 Å². The maximum Gasteiger partial charge on any atom is 0.351 e. The van der Waals surface area contributed by atoms with Gasteiger partial charge in [-0.1, -0.05) is 54.6 Å². The Morgan fingerprint density at radius 2 is 1.56 bits per heavy atom. The lowest BCUT2D eigenvalue weighted by Crippen LogP contribution is -2.49. The number of rotatable bonds is 17. The molecule has 2 N–H and O–H groups in total. The number of nitrogens with two attached hydrogens (primary N) is 1. The molecule has 1 aromatic heterocycles. The fourth-order valence-electron chi connectivity index (χ4n) is 7.33. The zero-order chi connectivity index (χ0) is 39.3. The topological polar surface area (TPSA) is 153 Å². The predicted molar refractivity (Wildman–Crippen MR) is 209 cm³/mol. The van der Waals surface area contributed by atoms with Crippen molar-refractivity contribution >= 4 is 14.3 Å². The van der Waals surface area contributed by atoms with Gasteiger partial charge in [0.05, 0.1) is 46.5 Å². The van der Waals surface area contributed by atoms with Gasteiger partial charge in [0.15, 0.2) is 6.23 Å². The minimum atomic E-state index is -1.74. The van der Waals surface area contributed by atoms with E-state index in [0.29, 0.717) is 17.1 Å². The number of nitrogens with zero attached hydrogens (tertiary/aromatic N) is 4. The van der Waals surface area contributed by atoms with E-state index in [9.17, 15) is 10.1 Å². The number of methoxy groups -OCH3 is 2. The molecule has 3 unspecified atom stereocenters. The Hall–Kier alpha value is -4.38. The SMILES string of the molecule is COc1ccc(C(OC[C@@]23CO[C@H](C(n4cc(C)c(N)nc4=O)O2)C3OP(OCCC#N)N(C(C)C)C(C)C)(c2ccccc2)c2ccc(OC)cc2)cc1. The van der Waals surface area contributed by atoms with Crippen molar-refractivity contribution in [2.24, 2.45) is 0 Å². The standard InChI is InChI=1S/C41H50N5O8P/c1-27(2)46(28(3)4)55(52-23-11-22-42)54-36-35-38(45-24-29(5)37(43)44-39(45)47)53-40(36,25-50-35)26-51-41(30-12-9-8-10-13-30,31-14-18-33(48-6)19-15-31)32-16-20-34(49-7)21-17-32/h8-10,12-21,24,27-28,35-36,38H,11,23,25-26H2,1-7H3,(H2,43,44,47)/t35-,36?,38?,40+,55?/m0/s1. The van der Waals surface area contributed by atoms with E-state index in [-0.39, 0.29) is 44.1 Å². The summed E-state index contributed by atoms with van der Waals surface area (Å²) in [4.78, 5) is 17.5. The van der Waals surface area contributed by atoms with E-state index in [2.05, 4.69) is 43.4 Å². The molecule has 3 aromatic carbocycles. The van der Waals surface area contributed by atoms with Gasteiger partial charge in [-0.05, 0) is 75.6 Å². The minimum absolute atomic E-state index is 0.0293. The number of nitriles is 1. The van der Waals surface area contributed by atoms with Crippen molar-refractivity contribution in [1.29, 1.82) is 5.26 Å². The van der Waals surface area contributed by atoms with Crippen molar-refractivity contribution in [2.75, 3.05) is 39.8 Å². The van der Waals surface area contributed by atoms with Gasteiger partial charge in [-0.2, -0.15) is 10.2 Å². The highest BCUT2D eigenvalue weighted by atomic mass is 31.2. The van der Waals surface area contributed by atoms with Gasteiger partial charge in [-0.15, -0.1) is 0 Å². The van der Waals surface area contributed by atoms with Crippen molar-refractivity contribution in [3.63, 3.8) is 0 Å². The molecular weight excluding hydrogens is 721 g/mol. The summed E-state index contributed by atoms with van der Waals surface area (Å²) >= 11 is 0. The highest BCUT2D eigenvalue weighted by molar-refractivity contribution is 7.44. The number of aryl methyl sites for hydroxylation is 1. The molecule has 2 saturated heterocycles. The molecule has 5 atom stereocenters. The van der Waals surface area contributed by atoms with E-state index in [0.717, 1.165) is 16.7 Å². The molecule has 4 aromatic rings. The molecule has 55 heavy (non-hydrogen) atoms. The quantitative estimate of drug-likeness (QED) is 0.0710. The Morgan fingerprint density at radius 3 is 2.11 bits per heavy atom. The molecule has 6 rings (SSSR count). The number of aromatic nitrogens is 2. The molecule has 2 aliphatic rings. The van der Waals surface area contributed by atoms with E-state index in [1.54, 1.807) is 27.3 Å². The van der Waals surface area contributed by atoms with Gasteiger partial charge in [-0.25, -0.2) is 9.46 Å². The lowest BCUT2D eigenvalue weighted by molar-refractivity contribution is -0.203. The van der Waals surface area contributed by atoms with E-state index in [1.807, 2.05) is 78.9 Å². The summed E-state index contributed by atoms with van der Waals surface area (Å²) in [6.45, 7) is 10.3. The normalized spacial score (nSPS) is 21.3. The lowest BCUT2D eigenvalue weighted by Gasteiger charge is -2.41. The van der Waals surface area contributed by atoms with E-state index in [1.165, 1.54) is 4.57 Å². The van der Waals surface area contributed by atoms with Gasteiger partial charge in [0, 0.05) is 23.8 Å². The summed E-state index contributed by atoms with van der Waals surface area (Å²) in [6, 6.07) is 27.8. The average Bonchev–Trinajstić information content (AvgIpc) is 3.68. The number of hydrogen-bond donors (Lipinski definition) is 1. The summed E-state index contributed by atoms with van der Waals surface area (Å²) in [5.74, 6) is 1.54. The van der Waals surface area contributed by atoms with Crippen LogP contribution in [-0.4, -0.2) is 78.2 Å². The van der Waals surface area contributed by atoms with Crippen LogP contribution in [-0.2, 0) is 28.9 Å². The first kappa shape index (κ1) is 40.3. The highest BCUT2D eigenvalue weighted by Crippen LogP contribution is 2.56. The maximum absolute atomic E-state index is 13.4. The van der Waals surface area contributed by atoms with Crippen LogP contribution in [0.1, 0.15) is 62.6 Å². The molecule has 2 fully saturated rings. The van der Waals surface area contributed by atoms with Crippen molar-refractivity contribution in [3.8, 4) is 17.6 Å². The molecule has 2 bridgehead atoms. The Balaban J connectivity index is 1.49. The van der Waals surface area contributed by atoms with Gasteiger partial charge in [0.25, 0.3) is 8.53 Å². The monoisotopic (exact) mass is 771 g/mol. The largest absolute Gasteiger partial charge is 0.497 e. The van der Waals surface area contributed by atoms with E-state index >= 15 is 0 Å². The first-order chi connectivity index (χ1) is 26.5. The molecule has 0 amide bonds. The average molecular weight is 772 g/mol. The molecule has 292 valence electrons. The number of hydrogen-bond acceptors (Lipinski definition) is 12. The maximum atomic E-state index is 13.4. The second kappa shape index (κ2) is 17.2. The van der Waals surface area contributed by atoms with E-state index < -0.39 is 43.9 Å².